The number of hydrogen-bond acceptors (Lipinski definition) is 3. The van der Waals surface area contributed by atoms with Crippen molar-refractivity contribution in [3.63, 3.8) is 0 Å². The van der Waals surface area contributed by atoms with Crippen molar-refractivity contribution in [2.75, 3.05) is 0 Å². The van der Waals surface area contributed by atoms with E-state index in [-0.39, 0.29) is 17.9 Å². The van der Waals surface area contributed by atoms with Crippen molar-refractivity contribution in [3.8, 4) is 0 Å². The number of rotatable bonds is 3. The molecule has 0 aliphatic carbocycles. The highest BCUT2D eigenvalue weighted by atomic mass is 79.9. The fraction of sp³-hybridized carbons (Fsp3) is 0.250. The first kappa shape index (κ1) is 17.5. The van der Waals surface area contributed by atoms with Crippen LogP contribution in [0.1, 0.15) is 32.6 Å². The van der Waals surface area contributed by atoms with E-state index >= 15 is 0 Å². The predicted molar refractivity (Wildman–Crippen MR) is 103 cm³/mol. The third-order valence-electron chi connectivity index (χ3n) is 4.88. The zero-order valence-electron chi connectivity index (χ0n) is 14.7. The van der Waals surface area contributed by atoms with Crippen LogP contribution in [0.5, 0.6) is 0 Å². The summed E-state index contributed by atoms with van der Waals surface area (Å²) in [5, 5.41) is 0.498. The second-order valence-corrected chi connectivity index (χ2v) is 7.29. The lowest BCUT2D eigenvalue weighted by molar-refractivity contribution is 0.0970. The maximum Gasteiger partial charge on any atom is 0.261 e. The summed E-state index contributed by atoms with van der Waals surface area (Å²) >= 11 is 3.37. The molecule has 0 N–H and O–H groups in total. The fourth-order valence-corrected chi connectivity index (χ4v) is 3.35. The van der Waals surface area contributed by atoms with Crippen molar-refractivity contribution in [1.82, 2.24) is 9.55 Å². The Labute approximate surface area is 154 Å². The highest BCUT2D eigenvalue weighted by molar-refractivity contribution is 9.10. The molecule has 3 rings (SSSR count). The van der Waals surface area contributed by atoms with E-state index in [1.165, 1.54) is 16.5 Å². The topological polar surface area (TPSA) is 52.0 Å². The van der Waals surface area contributed by atoms with E-state index in [2.05, 4.69) is 27.8 Å². The van der Waals surface area contributed by atoms with E-state index in [1.54, 1.807) is 12.1 Å². The van der Waals surface area contributed by atoms with Gasteiger partial charge >= 0.3 is 0 Å². The van der Waals surface area contributed by atoms with Crippen LogP contribution >= 0.6 is 15.9 Å². The van der Waals surface area contributed by atoms with Gasteiger partial charge in [0.2, 0.25) is 0 Å². The lowest BCUT2D eigenvalue weighted by Gasteiger charge is -2.14. The van der Waals surface area contributed by atoms with Crippen LogP contribution in [0.3, 0.4) is 0 Å². The third kappa shape index (κ3) is 3.16. The number of carbonyl (C=O) groups is 1. The normalized spacial score (nSPS) is 11.1. The van der Waals surface area contributed by atoms with Gasteiger partial charge in [-0.15, -0.1) is 0 Å². The van der Waals surface area contributed by atoms with Crippen molar-refractivity contribution in [2.45, 2.75) is 34.2 Å². The first-order valence-electron chi connectivity index (χ1n) is 8.05. The number of carbonyl (C=O) groups excluding carboxylic acids is 1. The quantitative estimate of drug-likeness (QED) is 0.618. The molecule has 0 atom stereocenters. The molecule has 1 aromatic heterocycles. The minimum atomic E-state index is -0.210. The molecule has 0 bridgehead atoms. The summed E-state index contributed by atoms with van der Waals surface area (Å²) in [5.74, 6) is -0.0815. The summed E-state index contributed by atoms with van der Waals surface area (Å²) in [6, 6.07) is 7.27. The molecule has 25 heavy (non-hydrogen) atoms. The summed E-state index contributed by atoms with van der Waals surface area (Å²) in [5.41, 5.74) is 5.45. The molecule has 2 aromatic carbocycles. The Morgan fingerprint density at radius 3 is 2.52 bits per heavy atom. The minimum absolute atomic E-state index is 0.0168. The second kappa shape index (κ2) is 6.56. The Bertz CT molecular complexity index is 1070. The largest absolute Gasteiger partial charge is 0.292 e. The number of ketones is 1. The first-order chi connectivity index (χ1) is 11.8. The van der Waals surface area contributed by atoms with Crippen LogP contribution in [0, 0.1) is 27.7 Å². The molecule has 3 aromatic rings. The van der Waals surface area contributed by atoms with Crippen molar-refractivity contribution in [2.24, 2.45) is 0 Å². The Morgan fingerprint density at radius 2 is 1.80 bits per heavy atom. The molecule has 0 spiro atoms. The number of fused-ring (bicyclic) bond motifs is 1. The van der Waals surface area contributed by atoms with E-state index < -0.39 is 0 Å². The van der Waals surface area contributed by atoms with Gasteiger partial charge in [0.1, 0.15) is 0 Å². The van der Waals surface area contributed by atoms with Gasteiger partial charge in [0, 0.05) is 10.0 Å². The zero-order valence-corrected chi connectivity index (χ0v) is 16.3. The standard InChI is InChI=1S/C20H19BrN2O2/c1-11-7-16(14(4)13(3)12(11)2)19(24)9-23-10-22-18-6-5-15(21)8-17(18)20(23)25/h5-8,10H,9H2,1-4H3. The minimum Gasteiger partial charge on any atom is -0.292 e. The summed E-state index contributed by atoms with van der Waals surface area (Å²) < 4.78 is 2.18. The molecule has 0 aliphatic rings. The van der Waals surface area contributed by atoms with Crippen LogP contribution in [0.15, 0.2) is 39.9 Å². The van der Waals surface area contributed by atoms with Gasteiger partial charge in [-0.25, -0.2) is 4.98 Å². The SMILES string of the molecule is Cc1cc(C(=O)Cn2cnc3ccc(Br)cc3c2=O)c(C)c(C)c1C. The van der Waals surface area contributed by atoms with Crippen LogP contribution in [0.25, 0.3) is 10.9 Å². The predicted octanol–water partition coefficient (Wildman–Crippen LogP) is 4.28. The number of Topliss-reactive ketones (excluding diaryl/α,β-unsaturated/α-hetero) is 1. The summed E-state index contributed by atoms with van der Waals surface area (Å²) in [7, 11) is 0. The van der Waals surface area contributed by atoms with Gasteiger partial charge in [-0.1, -0.05) is 15.9 Å². The molecule has 0 fully saturated rings. The molecule has 0 radical (unpaired) electrons. The van der Waals surface area contributed by atoms with Crippen molar-refractivity contribution in [1.29, 1.82) is 0 Å². The third-order valence-corrected chi connectivity index (χ3v) is 5.38. The first-order valence-corrected chi connectivity index (χ1v) is 8.84. The van der Waals surface area contributed by atoms with Gasteiger partial charge in [-0.05, 0) is 74.2 Å². The maximum atomic E-state index is 12.8. The summed E-state index contributed by atoms with van der Waals surface area (Å²) in [6.45, 7) is 8.02. The summed E-state index contributed by atoms with van der Waals surface area (Å²) in [6.07, 6.45) is 1.44. The fourth-order valence-electron chi connectivity index (χ4n) is 2.99. The van der Waals surface area contributed by atoms with E-state index in [0.29, 0.717) is 16.5 Å². The zero-order chi connectivity index (χ0) is 18.3. The van der Waals surface area contributed by atoms with E-state index in [1.807, 2.05) is 32.9 Å². The molecule has 4 nitrogen and oxygen atoms in total. The molecule has 0 saturated heterocycles. The molecule has 0 amide bonds. The van der Waals surface area contributed by atoms with Gasteiger partial charge < -0.3 is 0 Å². The highest BCUT2D eigenvalue weighted by Gasteiger charge is 2.15. The van der Waals surface area contributed by atoms with Crippen LogP contribution in [0.4, 0.5) is 0 Å². The molecule has 5 heteroatoms. The van der Waals surface area contributed by atoms with Crippen LogP contribution < -0.4 is 5.56 Å². The Hall–Kier alpha value is -2.27. The van der Waals surface area contributed by atoms with Crippen molar-refractivity contribution >= 4 is 32.6 Å². The lowest BCUT2D eigenvalue weighted by Crippen LogP contribution is -2.25. The molecule has 0 aliphatic heterocycles. The maximum absolute atomic E-state index is 12.8. The van der Waals surface area contributed by atoms with Gasteiger partial charge in [-0.3, -0.25) is 14.2 Å². The second-order valence-electron chi connectivity index (χ2n) is 6.38. The molecular weight excluding hydrogens is 380 g/mol. The van der Waals surface area contributed by atoms with Gasteiger partial charge in [0.15, 0.2) is 5.78 Å². The Balaban J connectivity index is 2.04. The molecule has 0 saturated carbocycles. The molecule has 0 unspecified atom stereocenters. The molecule has 1 heterocycles. The number of aryl methyl sites for hydroxylation is 1. The molecule has 128 valence electrons. The van der Waals surface area contributed by atoms with Crippen LogP contribution in [0.2, 0.25) is 0 Å². The highest BCUT2D eigenvalue weighted by Crippen LogP contribution is 2.22. The Kier molecular flexibility index (Phi) is 4.60. The van der Waals surface area contributed by atoms with Crippen molar-refractivity contribution < 1.29 is 4.79 Å². The number of halogens is 1. The number of benzene rings is 2. The van der Waals surface area contributed by atoms with Crippen LogP contribution in [-0.2, 0) is 6.54 Å². The van der Waals surface area contributed by atoms with E-state index in [0.717, 1.165) is 21.2 Å². The Morgan fingerprint density at radius 1 is 1.08 bits per heavy atom. The van der Waals surface area contributed by atoms with Gasteiger partial charge in [0.05, 0.1) is 23.8 Å². The molecular formula is C20H19BrN2O2. The van der Waals surface area contributed by atoms with Crippen molar-refractivity contribution in [3.05, 3.63) is 73.2 Å². The van der Waals surface area contributed by atoms with Crippen LogP contribution in [-0.4, -0.2) is 15.3 Å². The number of aromatic nitrogens is 2. The van der Waals surface area contributed by atoms with E-state index in [4.69, 9.17) is 0 Å². The smallest absolute Gasteiger partial charge is 0.261 e. The van der Waals surface area contributed by atoms with Gasteiger partial charge in [-0.2, -0.15) is 0 Å². The van der Waals surface area contributed by atoms with Gasteiger partial charge in [0.25, 0.3) is 5.56 Å². The lowest BCUT2D eigenvalue weighted by atomic mass is 9.92. The average molecular weight is 399 g/mol. The average Bonchev–Trinajstić information content (AvgIpc) is 2.59. The number of nitrogens with zero attached hydrogens (tertiary/aromatic N) is 2. The van der Waals surface area contributed by atoms with E-state index in [9.17, 15) is 9.59 Å². The summed E-state index contributed by atoms with van der Waals surface area (Å²) in [4.78, 5) is 29.8. The number of hydrogen-bond donors (Lipinski definition) is 0. The monoisotopic (exact) mass is 398 g/mol.